The number of carbonyl (C=O) groups is 4. The molecule has 1 aromatic heterocycles. The Labute approximate surface area is 246 Å². The number of benzene rings is 2. The van der Waals surface area contributed by atoms with Gasteiger partial charge in [0.15, 0.2) is 0 Å². The summed E-state index contributed by atoms with van der Waals surface area (Å²) in [6.45, 7) is 4.09. The number of hydrogen-bond donors (Lipinski definition) is 3. The molecular formula is C32H39N5O5. The molecule has 10 heteroatoms. The lowest BCUT2D eigenvalue weighted by atomic mass is 9.90. The van der Waals surface area contributed by atoms with E-state index in [1.807, 2.05) is 37.3 Å². The van der Waals surface area contributed by atoms with Crippen molar-refractivity contribution in [2.24, 2.45) is 11.7 Å². The summed E-state index contributed by atoms with van der Waals surface area (Å²) in [5.41, 5.74) is 8.03. The normalized spacial score (nSPS) is 12.1. The van der Waals surface area contributed by atoms with Gasteiger partial charge in [-0.05, 0) is 42.7 Å². The minimum absolute atomic E-state index is 0.108. The Bertz CT molecular complexity index is 1320. The Hall–Kier alpha value is -4.57. The summed E-state index contributed by atoms with van der Waals surface area (Å²) >= 11 is 0. The van der Waals surface area contributed by atoms with Gasteiger partial charge in [0.2, 0.25) is 18.2 Å². The van der Waals surface area contributed by atoms with Crippen LogP contribution in [0.5, 0.6) is 0 Å². The third-order valence-corrected chi connectivity index (χ3v) is 6.95. The number of amides is 4. The molecule has 0 bridgehead atoms. The Kier molecular flexibility index (Phi) is 12.7. The van der Waals surface area contributed by atoms with E-state index in [0.29, 0.717) is 30.5 Å². The first-order valence-electron chi connectivity index (χ1n) is 14.2. The summed E-state index contributed by atoms with van der Waals surface area (Å²) in [5, 5.41) is 6.74. The van der Waals surface area contributed by atoms with E-state index in [-0.39, 0.29) is 24.9 Å². The number of carbonyl (C=O) groups excluding carboxylic acids is 4. The van der Waals surface area contributed by atoms with Gasteiger partial charge in [0.05, 0.1) is 24.3 Å². The van der Waals surface area contributed by atoms with Crippen molar-refractivity contribution in [1.82, 2.24) is 20.7 Å². The molecule has 0 aliphatic carbocycles. The van der Waals surface area contributed by atoms with Gasteiger partial charge < -0.3 is 16.4 Å². The average Bonchev–Trinajstić information content (AvgIpc) is 3.02. The van der Waals surface area contributed by atoms with Crippen molar-refractivity contribution in [1.29, 1.82) is 0 Å². The highest BCUT2D eigenvalue weighted by Gasteiger charge is 2.32. The third-order valence-electron chi connectivity index (χ3n) is 6.95. The molecule has 0 saturated carbocycles. The molecule has 3 rings (SSSR count). The third kappa shape index (κ3) is 9.24. The highest BCUT2D eigenvalue weighted by molar-refractivity contribution is 5.94. The van der Waals surface area contributed by atoms with Crippen molar-refractivity contribution < 1.29 is 24.0 Å². The van der Waals surface area contributed by atoms with Crippen LogP contribution in [0, 0.1) is 5.92 Å². The van der Waals surface area contributed by atoms with Crippen LogP contribution in [-0.2, 0) is 21.0 Å². The number of nitrogens with two attached hydrogens (primary N) is 1. The number of hydroxylamine groups is 2. The van der Waals surface area contributed by atoms with Gasteiger partial charge >= 0.3 is 0 Å². The van der Waals surface area contributed by atoms with Crippen LogP contribution in [0.4, 0.5) is 0 Å². The molecule has 4 amide bonds. The zero-order valence-corrected chi connectivity index (χ0v) is 24.1. The maximum Gasteiger partial charge on any atom is 0.271 e. The van der Waals surface area contributed by atoms with E-state index >= 15 is 0 Å². The number of unbranched alkanes of at least 4 members (excludes halogenated alkanes) is 2. The predicted molar refractivity (Wildman–Crippen MR) is 160 cm³/mol. The molecule has 0 fully saturated rings. The molecule has 10 nitrogen and oxygen atoms in total. The Balaban J connectivity index is 1.63. The molecular weight excluding hydrogens is 534 g/mol. The fraction of sp³-hybridized carbons (Fsp3) is 0.344. The van der Waals surface area contributed by atoms with E-state index in [4.69, 9.17) is 10.6 Å². The molecule has 0 radical (unpaired) electrons. The summed E-state index contributed by atoms with van der Waals surface area (Å²) in [4.78, 5) is 59.8. The molecule has 1 heterocycles. The number of nitrogens with zero attached hydrogens (tertiary/aromatic N) is 2. The minimum Gasteiger partial charge on any atom is -0.366 e. The van der Waals surface area contributed by atoms with Crippen LogP contribution in [0.25, 0.3) is 11.3 Å². The lowest BCUT2D eigenvalue weighted by Crippen LogP contribution is -2.48. The van der Waals surface area contributed by atoms with Gasteiger partial charge in [-0.25, -0.2) is 10.0 Å². The van der Waals surface area contributed by atoms with E-state index in [1.165, 1.54) is 5.06 Å². The molecule has 2 unspecified atom stereocenters. The van der Waals surface area contributed by atoms with E-state index in [2.05, 4.69) is 22.5 Å². The van der Waals surface area contributed by atoms with Gasteiger partial charge in [0.25, 0.3) is 5.91 Å². The zero-order valence-electron chi connectivity index (χ0n) is 24.1. The van der Waals surface area contributed by atoms with E-state index in [1.54, 1.807) is 42.5 Å². The number of hydrogen-bond acceptors (Lipinski definition) is 6. The summed E-state index contributed by atoms with van der Waals surface area (Å²) < 4.78 is 0. The number of nitrogens with one attached hydrogen (secondary N) is 2. The second kappa shape index (κ2) is 16.6. The van der Waals surface area contributed by atoms with Gasteiger partial charge in [-0.2, -0.15) is 0 Å². The van der Waals surface area contributed by atoms with Crippen molar-refractivity contribution in [3.8, 4) is 11.3 Å². The van der Waals surface area contributed by atoms with E-state index in [9.17, 15) is 19.2 Å². The van der Waals surface area contributed by atoms with E-state index < -0.39 is 23.8 Å². The number of rotatable bonds is 17. The summed E-state index contributed by atoms with van der Waals surface area (Å²) in [6, 6.07) is 20.7. The number of primary amides is 1. The monoisotopic (exact) mass is 573 g/mol. The van der Waals surface area contributed by atoms with Crippen LogP contribution in [0.3, 0.4) is 0 Å². The van der Waals surface area contributed by atoms with Gasteiger partial charge in [-0.15, -0.1) is 0 Å². The maximum absolute atomic E-state index is 13.4. The number of pyridine rings is 1. The van der Waals surface area contributed by atoms with E-state index in [0.717, 1.165) is 30.4 Å². The summed E-state index contributed by atoms with van der Waals surface area (Å²) in [7, 11) is 0. The molecule has 2 aromatic carbocycles. The first-order chi connectivity index (χ1) is 20.4. The quantitative estimate of drug-likeness (QED) is 0.0955. The van der Waals surface area contributed by atoms with Crippen molar-refractivity contribution in [3.63, 3.8) is 0 Å². The SMILES string of the molecule is CCCCCC(C(=O)NCNC(=O)c1cccc(-c2ccc(C(N)=O)cc2)n1)C(CC)N(C=O)OCc1ccccc1. The molecule has 0 aliphatic rings. The largest absolute Gasteiger partial charge is 0.366 e. The van der Waals surface area contributed by atoms with Crippen molar-refractivity contribution in [3.05, 3.63) is 89.6 Å². The molecule has 42 heavy (non-hydrogen) atoms. The standard InChI is InChI=1S/C32H39N5O5/c1-3-5-7-13-26(29(4-2)37(22-38)42-20-23-11-8-6-9-12-23)31(40)34-21-35-32(41)28-15-10-14-27(36-28)24-16-18-25(19-17-24)30(33)39/h6,8-12,14-19,22,26,29H,3-5,7,13,20-21H2,1-2H3,(H2,33,39)(H,34,40)(H,35,41). The van der Waals surface area contributed by atoms with Crippen LogP contribution in [0.15, 0.2) is 72.8 Å². The molecule has 0 aliphatic heterocycles. The van der Waals surface area contributed by atoms with Crippen LogP contribution >= 0.6 is 0 Å². The van der Waals surface area contributed by atoms with Gasteiger partial charge in [-0.3, -0.25) is 24.0 Å². The van der Waals surface area contributed by atoms with Crippen molar-refractivity contribution in [2.75, 3.05) is 6.67 Å². The maximum atomic E-state index is 13.4. The molecule has 222 valence electrons. The fourth-order valence-corrected chi connectivity index (χ4v) is 4.64. The molecule has 2 atom stereocenters. The number of aromatic nitrogens is 1. The molecule has 0 saturated heterocycles. The van der Waals surface area contributed by atoms with Gasteiger partial charge in [-0.1, -0.05) is 81.6 Å². The Morgan fingerprint density at radius 1 is 0.952 bits per heavy atom. The second-order valence-electron chi connectivity index (χ2n) is 9.88. The predicted octanol–water partition coefficient (Wildman–Crippen LogP) is 4.22. The summed E-state index contributed by atoms with van der Waals surface area (Å²) in [5.74, 6) is -1.78. The molecule has 3 aromatic rings. The lowest BCUT2D eigenvalue weighted by molar-refractivity contribution is -0.200. The van der Waals surface area contributed by atoms with Crippen LogP contribution in [-0.4, -0.2) is 46.9 Å². The Morgan fingerprint density at radius 2 is 1.69 bits per heavy atom. The highest BCUT2D eigenvalue weighted by atomic mass is 16.7. The zero-order chi connectivity index (χ0) is 30.3. The smallest absolute Gasteiger partial charge is 0.271 e. The van der Waals surface area contributed by atoms with Crippen molar-refractivity contribution >= 4 is 24.1 Å². The average molecular weight is 574 g/mol. The molecule has 0 spiro atoms. The lowest BCUT2D eigenvalue weighted by Gasteiger charge is -2.32. The minimum atomic E-state index is -0.527. The van der Waals surface area contributed by atoms with Crippen LogP contribution < -0.4 is 16.4 Å². The topological polar surface area (TPSA) is 144 Å². The first kappa shape index (κ1) is 32.0. The van der Waals surface area contributed by atoms with Crippen LogP contribution in [0.1, 0.15) is 72.4 Å². The van der Waals surface area contributed by atoms with Crippen molar-refractivity contribution in [2.45, 2.75) is 58.6 Å². The first-order valence-corrected chi connectivity index (χ1v) is 14.2. The second-order valence-corrected chi connectivity index (χ2v) is 9.88. The Morgan fingerprint density at radius 3 is 2.33 bits per heavy atom. The fourth-order valence-electron chi connectivity index (χ4n) is 4.64. The van der Waals surface area contributed by atoms with Crippen LogP contribution in [0.2, 0.25) is 0 Å². The summed E-state index contributed by atoms with van der Waals surface area (Å²) in [6.07, 6.45) is 4.48. The molecule has 4 N–H and O–H groups in total. The highest BCUT2D eigenvalue weighted by Crippen LogP contribution is 2.22. The van der Waals surface area contributed by atoms with Gasteiger partial charge in [0.1, 0.15) is 12.3 Å². The van der Waals surface area contributed by atoms with Gasteiger partial charge in [0, 0.05) is 11.1 Å².